The smallest absolute Gasteiger partial charge is 0.225 e. The molecule has 0 saturated heterocycles. The third kappa shape index (κ3) is 2.57. The second-order valence-electron chi connectivity index (χ2n) is 5.65. The number of aromatic nitrogens is 1. The van der Waals surface area contributed by atoms with E-state index in [2.05, 4.69) is 4.98 Å². The number of fused-ring (bicyclic) bond motifs is 1. The summed E-state index contributed by atoms with van der Waals surface area (Å²) >= 11 is 5.92. The Kier molecular flexibility index (Phi) is 3.50. The first kappa shape index (κ1) is 13.6. The van der Waals surface area contributed by atoms with Crippen LogP contribution >= 0.6 is 11.6 Å². The van der Waals surface area contributed by atoms with Gasteiger partial charge in [-0.25, -0.2) is 4.98 Å². The van der Waals surface area contributed by atoms with Crippen molar-refractivity contribution in [3.8, 4) is 0 Å². The van der Waals surface area contributed by atoms with Crippen molar-refractivity contribution in [2.24, 2.45) is 5.92 Å². The highest BCUT2D eigenvalue weighted by molar-refractivity contribution is 6.29. The average molecular weight is 293 g/mol. The number of halogens is 1. The zero-order valence-electron chi connectivity index (χ0n) is 11.4. The van der Waals surface area contributed by atoms with Crippen LogP contribution in [0.4, 0.5) is 5.82 Å². The topological polar surface area (TPSA) is 50.3 Å². The first-order valence-corrected chi connectivity index (χ1v) is 7.41. The van der Waals surface area contributed by atoms with E-state index < -0.39 is 0 Å². The van der Waals surface area contributed by atoms with Gasteiger partial charge in [-0.05, 0) is 25.3 Å². The summed E-state index contributed by atoms with van der Waals surface area (Å²) in [6.45, 7) is 2.14. The number of pyridine rings is 1. The largest absolute Gasteiger partial charge is 0.299 e. The molecule has 1 unspecified atom stereocenters. The lowest BCUT2D eigenvalue weighted by atomic mass is 9.95. The second kappa shape index (κ2) is 5.17. The Morgan fingerprint density at radius 1 is 1.40 bits per heavy atom. The molecule has 0 spiro atoms. The van der Waals surface area contributed by atoms with Gasteiger partial charge in [-0.3, -0.25) is 14.5 Å². The van der Waals surface area contributed by atoms with E-state index in [4.69, 9.17) is 11.6 Å². The van der Waals surface area contributed by atoms with Gasteiger partial charge in [0.2, 0.25) is 5.91 Å². The molecule has 2 heterocycles. The maximum absolute atomic E-state index is 11.8. The number of anilines is 1. The first-order chi connectivity index (χ1) is 9.56. The molecular formula is C15H17ClN2O2. The number of amides is 1. The van der Waals surface area contributed by atoms with Crippen LogP contribution in [0.15, 0.2) is 12.1 Å². The minimum absolute atomic E-state index is 0.0305. The van der Waals surface area contributed by atoms with Crippen molar-refractivity contribution in [2.75, 3.05) is 11.4 Å². The average Bonchev–Trinajstić information content (AvgIpc) is 3.18. The second-order valence-corrected chi connectivity index (χ2v) is 6.04. The number of carbonyl (C=O) groups is 2. The molecule has 106 valence electrons. The van der Waals surface area contributed by atoms with E-state index >= 15 is 0 Å². The maximum atomic E-state index is 11.8. The van der Waals surface area contributed by atoms with Crippen LogP contribution < -0.4 is 4.90 Å². The Hall–Kier alpha value is -1.42. The van der Waals surface area contributed by atoms with Crippen LogP contribution in [0.2, 0.25) is 5.15 Å². The quantitative estimate of drug-likeness (QED) is 0.802. The SMILES string of the molecule is CC(=O)N1CC(CCC(=O)C2CC2)c2ccc(Cl)nc21. The Morgan fingerprint density at radius 2 is 2.15 bits per heavy atom. The summed E-state index contributed by atoms with van der Waals surface area (Å²) in [4.78, 5) is 29.5. The molecular weight excluding hydrogens is 276 g/mol. The molecule has 0 bridgehead atoms. The molecule has 3 rings (SSSR count). The molecule has 20 heavy (non-hydrogen) atoms. The van der Waals surface area contributed by atoms with Gasteiger partial charge < -0.3 is 0 Å². The van der Waals surface area contributed by atoms with Gasteiger partial charge in [0.15, 0.2) is 0 Å². The van der Waals surface area contributed by atoms with Crippen molar-refractivity contribution >= 4 is 29.1 Å². The lowest BCUT2D eigenvalue weighted by Gasteiger charge is -2.14. The summed E-state index contributed by atoms with van der Waals surface area (Å²) in [5.41, 5.74) is 1.04. The normalized spacial score (nSPS) is 20.9. The van der Waals surface area contributed by atoms with Crippen molar-refractivity contribution < 1.29 is 9.59 Å². The number of hydrogen-bond donors (Lipinski definition) is 0. The van der Waals surface area contributed by atoms with Crippen LogP contribution in [0.3, 0.4) is 0 Å². The Labute approximate surface area is 123 Å². The standard InChI is InChI=1S/C15H17ClN2O2/c1-9(19)18-8-11(4-6-13(20)10-2-3-10)12-5-7-14(16)17-15(12)18/h5,7,10-11H,2-4,6,8H2,1H3. The summed E-state index contributed by atoms with van der Waals surface area (Å²) in [6, 6.07) is 3.68. The molecule has 1 aromatic heterocycles. The number of nitrogens with zero attached hydrogens (tertiary/aromatic N) is 2. The molecule has 1 aromatic rings. The van der Waals surface area contributed by atoms with E-state index in [9.17, 15) is 9.59 Å². The summed E-state index contributed by atoms with van der Waals surface area (Å²) in [5, 5.41) is 0.393. The number of rotatable bonds is 4. The van der Waals surface area contributed by atoms with E-state index in [0.717, 1.165) is 24.8 Å². The van der Waals surface area contributed by atoms with Crippen molar-refractivity contribution in [3.63, 3.8) is 0 Å². The van der Waals surface area contributed by atoms with Gasteiger partial charge in [-0.15, -0.1) is 0 Å². The lowest BCUT2D eigenvalue weighted by molar-refractivity contribution is -0.120. The molecule has 1 fully saturated rings. The van der Waals surface area contributed by atoms with E-state index in [0.29, 0.717) is 35.6 Å². The molecule has 4 nitrogen and oxygen atoms in total. The molecule has 1 amide bonds. The van der Waals surface area contributed by atoms with Gasteiger partial charge in [-0.2, -0.15) is 0 Å². The molecule has 1 aliphatic carbocycles. The zero-order valence-corrected chi connectivity index (χ0v) is 12.2. The Bertz CT molecular complexity index is 569. The summed E-state index contributed by atoms with van der Waals surface area (Å²) in [6.07, 6.45) is 3.49. The summed E-state index contributed by atoms with van der Waals surface area (Å²) in [7, 11) is 0. The van der Waals surface area contributed by atoms with Crippen LogP contribution in [0.1, 0.15) is 44.1 Å². The number of carbonyl (C=O) groups excluding carboxylic acids is 2. The minimum Gasteiger partial charge on any atom is -0.299 e. The molecule has 2 aliphatic rings. The maximum Gasteiger partial charge on any atom is 0.225 e. The van der Waals surface area contributed by atoms with Crippen LogP contribution in [-0.4, -0.2) is 23.2 Å². The van der Waals surface area contributed by atoms with E-state index in [-0.39, 0.29) is 11.8 Å². The third-order valence-electron chi connectivity index (χ3n) is 4.12. The van der Waals surface area contributed by atoms with Gasteiger partial charge in [0.05, 0.1) is 0 Å². The Morgan fingerprint density at radius 3 is 2.80 bits per heavy atom. The van der Waals surface area contributed by atoms with Crippen molar-refractivity contribution in [3.05, 3.63) is 22.8 Å². The highest BCUT2D eigenvalue weighted by Gasteiger charge is 2.34. The zero-order chi connectivity index (χ0) is 14.3. The fourth-order valence-corrected chi connectivity index (χ4v) is 2.97. The van der Waals surface area contributed by atoms with Crippen molar-refractivity contribution in [1.82, 2.24) is 4.98 Å². The number of hydrogen-bond acceptors (Lipinski definition) is 3. The monoisotopic (exact) mass is 292 g/mol. The van der Waals surface area contributed by atoms with Crippen LogP contribution in [0.25, 0.3) is 0 Å². The fourth-order valence-electron chi connectivity index (χ4n) is 2.83. The molecule has 5 heteroatoms. The van der Waals surface area contributed by atoms with Gasteiger partial charge in [0, 0.05) is 37.3 Å². The van der Waals surface area contributed by atoms with E-state index in [1.54, 1.807) is 11.0 Å². The third-order valence-corrected chi connectivity index (χ3v) is 4.33. The van der Waals surface area contributed by atoms with Gasteiger partial charge >= 0.3 is 0 Å². The highest BCUT2D eigenvalue weighted by atomic mass is 35.5. The summed E-state index contributed by atoms with van der Waals surface area (Å²) < 4.78 is 0. The van der Waals surface area contributed by atoms with Crippen LogP contribution in [0, 0.1) is 5.92 Å². The van der Waals surface area contributed by atoms with Gasteiger partial charge in [0.25, 0.3) is 0 Å². The molecule has 0 radical (unpaired) electrons. The summed E-state index contributed by atoms with van der Waals surface area (Å²) in [5.74, 6) is 1.50. The van der Waals surface area contributed by atoms with Gasteiger partial charge in [0.1, 0.15) is 16.8 Å². The molecule has 1 aliphatic heterocycles. The van der Waals surface area contributed by atoms with Crippen molar-refractivity contribution in [1.29, 1.82) is 0 Å². The molecule has 0 aromatic carbocycles. The van der Waals surface area contributed by atoms with Crippen molar-refractivity contribution in [2.45, 2.75) is 38.5 Å². The molecule has 1 saturated carbocycles. The lowest BCUT2D eigenvalue weighted by Crippen LogP contribution is -2.27. The fraction of sp³-hybridized carbons (Fsp3) is 0.533. The minimum atomic E-state index is -0.0305. The highest BCUT2D eigenvalue weighted by Crippen LogP contribution is 2.39. The predicted octanol–water partition coefficient (Wildman–Crippen LogP) is 2.94. The van der Waals surface area contributed by atoms with Crippen LogP contribution in [0.5, 0.6) is 0 Å². The molecule has 0 N–H and O–H groups in total. The van der Waals surface area contributed by atoms with Gasteiger partial charge in [-0.1, -0.05) is 17.7 Å². The predicted molar refractivity (Wildman–Crippen MR) is 77.0 cm³/mol. The first-order valence-electron chi connectivity index (χ1n) is 7.03. The van der Waals surface area contributed by atoms with Crippen LogP contribution in [-0.2, 0) is 9.59 Å². The number of Topliss-reactive ketones (excluding diaryl/α,β-unsaturated/α-hetero) is 1. The molecule has 1 atom stereocenters. The van der Waals surface area contributed by atoms with E-state index in [1.807, 2.05) is 6.07 Å². The Balaban J connectivity index is 1.76. The van der Waals surface area contributed by atoms with E-state index in [1.165, 1.54) is 6.92 Å². The number of ketones is 1.